The van der Waals surface area contributed by atoms with Gasteiger partial charge >= 0.3 is 23.5 Å². The fourth-order valence-electron chi connectivity index (χ4n) is 2.97. The predicted molar refractivity (Wildman–Crippen MR) is 101 cm³/mol. The zero-order chi connectivity index (χ0) is 24.8. The van der Waals surface area contributed by atoms with E-state index in [-0.39, 0.29) is 17.2 Å². The minimum atomic E-state index is -5.76. The lowest BCUT2D eigenvalue weighted by Gasteiger charge is -2.23. The van der Waals surface area contributed by atoms with E-state index in [1.54, 1.807) is 6.07 Å². The molecule has 0 radical (unpaired) electrons. The summed E-state index contributed by atoms with van der Waals surface area (Å²) < 4.78 is 52.1. The van der Waals surface area contributed by atoms with Gasteiger partial charge in [-0.3, -0.25) is 8.92 Å². The van der Waals surface area contributed by atoms with E-state index in [9.17, 15) is 34.1 Å². The summed E-state index contributed by atoms with van der Waals surface area (Å²) in [5.74, 6) is -0.0171. The number of aliphatic hydroxyl groups excluding tert-OH is 2. The van der Waals surface area contributed by atoms with E-state index in [0.717, 1.165) is 6.33 Å². The molecule has 8 N–H and O–H groups in total. The van der Waals surface area contributed by atoms with Crippen molar-refractivity contribution in [2.45, 2.75) is 23.9 Å². The first-order valence-corrected chi connectivity index (χ1v) is 12.9. The zero-order valence-corrected chi connectivity index (χ0v) is 18.6. The van der Waals surface area contributed by atoms with Crippen LogP contribution in [-0.2, 0) is 37.2 Å². The Morgan fingerprint density at radius 2 is 1.85 bits per heavy atom. The van der Waals surface area contributed by atoms with E-state index in [1.807, 2.05) is 0 Å². The highest BCUT2D eigenvalue weighted by atomic mass is 31.3. The van der Waals surface area contributed by atoms with Crippen molar-refractivity contribution in [1.82, 2.24) is 14.4 Å². The number of anilines is 1. The zero-order valence-electron chi connectivity index (χ0n) is 15.9. The van der Waals surface area contributed by atoms with Crippen LogP contribution in [0.1, 0.15) is 5.56 Å². The molecule has 0 amide bonds. The van der Waals surface area contributed by atoms with Crippen LogP contribution < -0.4 is 5.73 Å². The van der Waals surface area contributed by atoms with E-state index in [4.69, 9.17) is 25.2 Å². The van der Waals surface area contributed by atoms with E-state index in [0.29, 0.717) is 0 Å². The summed E-state index contributed by atoms with van der Waals surface area (Å²) in [6.07, 6.45) is -3.04. The van der Waals surface area contributed by atoms with E-state index in [1.165, 1.54) is 16.7 Å². The van der Waals surface area contributed by atoms with Gasteiger partial charge in [0.25, 0.3) is 0 Å². The maximum absolute atomic E-state index is 11.9. The quantitative estimate of drug-likeness (QED) is 0.191. The Balaban J connectivity index is 1.78. The van der Waals surface area contributed by atoms with Crippen molar-refractivity contribution in [3.05, 3.63) is 24.2 Å². The fourth-order valence-corrected chi connectivity index (χ4v) is 6.00. The lowest BCUT2D eigenvalue weighted by Crippen LogP contribution is -2.39. The van der Waals surface area contributed by atoms with Crippen LogP contribution in [0.4, 0.5) is 5.95 Å². The van der Waals surface area contributed by atoms with Crippen LogP contribution in [0.25, 0.3) is 5.65 Å². The first-order chi connectivity index (χ1) is 15.1. The summed E-state index contributed by atoms with van der Waals surface area (Å²) in [6.45, 7) is -1.08. The highest BCUT2D eigenvalue weighted by molar-refractivity contribution is 7.66. The van der Waals surface area contributed by atoms with E-state index >= 15 is 0 Å². The molecule has 3 heterocycles. The van der Waals surface area contributed by atoms with E-state index < -0.39 is 54.0 Å². The van der Waals surface area contributed by atoms with Crippen LogP contribution in [0.2, 0.25) is 0 Å². The number of aliphatic hydroxyl groups is 2. The lowest BCUT2D eigenvalue weighted by molar-refractivity contribution is -0.0603. The lowest BCUT2D eigenvalue weighted by atomic mass is 9.90. The molecule has 1 aliphatic heterocycles. The van der Waals surface area contributed by atoms with Crippen LogP contribution in [0.5, 0.6) is 0 Å². The molecule has 0 aliphatic carbocycles. The molecule has 33 heavy (non-hydrogen) atoms. The maximum atomic E-state index is 11.9. The number of fused-ring (bicyclic) bond motifs is 1. The average Bonchev–Trinajstić information content (AvgIpc) is 3.20. The third kappa shape index (κ3) is 5.48. The second-order valence-electron chi connectivity index (χ2n) is 6.51. The number of rotatable bonds is 8. The topological polar surface area (TPSA) is 290 Å². The van der Waals surface area contributed by atoms with Crippen molar-refractivity contribution in [3.63, 3.8) is 0 Å². The molecule has 0 spiro atoms. The van der Waals surface area contributed by atoms with Gasteiger partial charge in [-0.1, -0.05) is 0 Å². The smallest absolute Gasteiger partial charge is 0.387 e. The van der Waals surface area contributed by atoms with Gasteiger partial charge < -0.3 is 40.3 Å². The molecule has 2 unspecified atom stereocenters. The molecule has 0 saturated carbocycles. The second-order valence-corrected chi connectivity index (χ2v) is 10.9. The number of phosphoric ester groups is 1. The number of phosphoric acid groups is 3. The summed E-state index contributed by atoms with van der Waals surface area (Å²) in [7, 11) is -16.9. The van der Waals surface area contributed by atoms with Crippen LogP contribution in [0, 0.1) is 11.3 Å². The number of nitrogen functional groups attached to an aromatic ring is 1. The summed E-state index contributed by atoms with van der Waals surface area (Å²) in [4.78, 5) is 43.4. The number of nitriles is 1. The predicted octanol–water partition coefficient (Wildman–Crippen LogP) is -1.51. The molecule has 2 aromatic rings. The summed E-state index contributed by atoms with van der Waals surface area (Å²) in [5.41, 5.74) is 3.70. The summed E-state index contributed by atoms with van der Waals surface area (Å²) in [6, 6.07) is 3.01. The number of nitrogens with two attached hydrogens (primary N) is 1. The largest absolute Gasteiger partial charge is 0.490 e. The fraction of sp³-hybridized carbons (Fsp3) is 0.417. The van der Waals surface area contributed by atoms with Crippen LogP contribution >= 0.6 is 23.5 Å². The molecule has 18 nitrogen and oxygen atoms in total. The maximum Gasteiger partial charge on any atom is 0.490 e. The molecule has 2 aromatic heterocycles. The van der Waals surface area contributed by atoms with Crippen LogP contribution in [0.3, 0.4) is 0 Å². The molecule has 0 aromatic carbocycles. The van der Waals surface area contributed by atoms with Crippen molar-refractivity contribution in [2.24, 2.45) is 0 Å². The number of hydrogen-bond acceptors (Lipinski definition) is 13. The minimum absolute atomic E-state index is 0.00964. The average molecular weight is 531 g/mol. The Kier molecular flexibility index (Phi) is 6.86. The standard InChI is InChI=1S/C12H16N5O13P3/c13-4-12(6-1-8-15-5-16-11(14)17(8)2-6)10(19)9(18)7(28-12)3-27-32(23,24)30-33(25,26)29-31(20,21)22/h1-2,5,7,9-10,18-19H,3H2,(H,23,24)(H,25,26)(H2,14,15,16)(H2,20,21,22)/t7-,9-,10-,12+/m1/s1. The van der Waals surface area contributed by atoms with Gasteiger partial charge in [0.2, 0.25) is 11.5 Å². The van der Waals surface area contributed by atoms with Gasteiger partial charge in [-0.05, 0) is 6.07 Å². The van der Waals surface area contributed by atoms with Crippen LogP contribution in [-0.4, -0.2) is 69.1 Å². The summed E-state index contributed by atoms with van der Waals surface area (Å²) in [5, 5.41) is 30.5. The van der Waals surface area contributed by atoms with Gasteiger partial charge in [0.15, 0.2) is 0 Å². The second kappa shape index (κ2) is 8.77. The number of hydrogen-bond donors (Lipinski definition) is 7. The molecule has 1 fully saturated rings. The van der Waals surface area contributed by atoms with Gasteiger partial charge in [0, 0.05) is 11.8 Å². The molecular formula is C12H16N5O13P3. The van der Waals surface area contributed by atoms with Gasteiger partial charge in [-0.2, -0.15) is 13.9 Å². The Labute approximate surface area is 183 Å². The third-order valence-corrected chi connectivity index (χ3v) is 8.10. The molecular weight excluding hydrogens is 515 g/mol. The minimum Gasteiger partial charge on any atom is -0.387 e. The molecule has 21 heteroatoms. The summed E-state index contributed by atoms with van der Waals surface area (Å²) >= 11 is 0. The van der Waals surface area contributed by atoms with Gasteiger partial charge in [-0.15, -0.1) is 0 Å². The number of aromatic nitrogens is 3. The first-order valence-electron chi connectivity index (χ1n) is 8.42. The Morgan fingerprint density at radius 3 is 2.42 bits per heavy atom. The van der Waals surface area contributed by atoms with Gasteiger partial charge in [-0.25, -0.2) is 23.7 Å². The molecule has 0 bridgehead atoms. The monoisotopic (exact) mass is 531 g/mol. The highest BCUT2D eigenvalue weighted by Gasteiger charge is 2.57. The Hall–Kier alpha value is -1.80. The SMILES string of the molecule is N#C[C@@]1(c2cc3ncnc(N)n3c2)O[C@H](COP(=O)(O)OP(=O)(O)OP(=O)(O)O)[C@@H](O)[C@H]1O. The van der Waals surface area contributed by atoms with Crippen molar-refractivity contribution in [1.29, 1.82) is 5.26 Å². The van der Waals surface area contributed by atoms with Crippen molar-refractivity contribution < 1.29 is 61.4 Å². The third-order valence-electron chi connectivity index (χ3n) is 4.30. The molecule has 1 aliphatic rings. The molecule has 3 rings (SSSR count). The highest BCUT2D eigenvalue weighted by Crippen LogP contribution is 2.66. The van der Waals surface area contributed by atoms with Crippen molar-refractivity contribution >= 4 is 35.1 Å². The molecule has 1 saturated heterocycles. The van der Waals surface area contributed by atoms with Crippen molar-refractivity contribution in [3.8, 4) is 6.07 Å². The Morgan fingerprint density at radius 1 is 1.18 bits per heavy atom. The Bertz CT molecular complexity index is 1240. The van der Waals surface area contributed by atoms with Gasteiger partial charge in [0.05, 0.1) is 6.61 Å². The number of ether oxygens (including phenoxy) is 1. The molecule has 182 valence electrons. The van der Waals surface area contributed by atoms with E-state index in [2.05, 4.69) is 23.1 Å². The van der Waals surface area contributed by atoms with Crippen LogP contribution in [0.15, 0.2) is 18.6 Å². The number of nitrogens with zero attached hydrogens (tertiary/aromatic N) is 4. The first kappa shape index (κ1) is 25.8. The normalized spacial score (nSPS) is 29.4. The molecule has 6 atom stereocenters. The van der Waals surface area contributed by atoms with Crippen molar-refractivity contribution in [2.75, 3.05) is 12.3 Å². The van der Waals surface area contributed by atoms with Gasteiger partial charge in [0.1, 0.15) is 36.4 Å².